The smallest absolute Gasteiger partial charge is 0.234 e. The third-order valence-corrected chi connectivity index (χ3v) is 6.44. The lowest BCUT2D eigenvalue weighted by Crippen LogP contribution is -2.15. The Morgan fingerprint density at radius 1 is 0.844 bits per heavy atom. The van der Waals surface area contributed by atoms with Crippen LogP contribution in [0.25, 0.3) is 17.1 Å². The average Bonchev–Trinajstić information content (AvgIpc) is 3.20. The lowest BCUT2D eigenvalue weighted by atomic mass is 10.2. The minimum absolute atomic E-state index is 0.0773. The fourth-order valence-corrected chi connectivity index (χ4v) is 4.39. The van der Waals surface area contributed by atoms with Gasteiger partial charge in [0.25, 0.3) is 0 Å². The van der Waals surface area contributed by atoms with Gasteiger partial charge in [-0.15, -0.1) is 10.2 Å². The number of hydrogen-bond acceptors (Lipinski definition) is 4. The lowest BCUT2D eigenvalue weighted by molar-refractivity contribution is -0.113. The number of para-hydroxylation sites is 1. The molecular weight excluding hydrogens is 510 g/mol. The van der Waals surface area contributed by atoms with Crippen LogP contribution in [0.5, 0.6) is 0 Å². The van der Waals surface area contributed by atoms with E-state index < -0.39 is 0 Å². The van der Waals surface area contributed by atoms with Crippen LogP contribution in [0.15, 0.2) is 71.9 Å². The molecule has 0 bridgehead atoms. The van der Waals surface area contributed by atoms with Gasteiger partial charge in [-0.05, 0) is 60.7 Å². The summed E-state index contributed by atoms with van der Waals surface area (Å²) < 4.78 is 1.86. The second kappa shape index (κ2) is 10.1. The number of nitrogens with zero attached hydrogens (tertiary/aromatic N) is 3. The van der Waals surface area contributed by atoms with Gasteiger partial charge in [0.2, 0.25) is 5.91 Å². The van der Waals surface area contributed by atoms with Crippen molar-refractivity contribution in [3.05, 3.63) is 86.8 Å². The zero-order chi connectivity index (χ0) is 22.7. The van der Waals surface area contributed by atoms with Crippen molar-refractivity contribution in [3.63, 3.8) is 0 Å². The number of benzene rings is 3. The van der Waals surface area contributed by atoms with Crippen molar-refractivity contribution in [2.75, 3.05) is 11.1 Å². The summed E-state index contributed by atoms with van der Waals surface area (Å²) in [5, 5.41) is 13.9. The van der Waals surface area contributed by atoms with Crippen LogP contribution in [-0.2, 0) is 4.79 Å². The molecule has 4 aromatic rings. The molecule has 32 heavy (non-hydrogen) atoms. The van der Waals surface area contributed by atoms with E-state index in [1.165, 1.54) is 11.8 Å². The normalized spacial score (nSPS) is 10.9. The fraction of sp³-hybridized carbons (Fsp3) is 0.0455. The summed E-state index contributed by atoms with van der Waals surface area (Å²) in [5.74, 6) is 0.415. The number of rotatable bonds is 6. The molecular formula is C22H14Cl4N4OS. The zero-order valence-electron chi connectivity index (χ0n) is 16.2. The Morgan fingerprint density at radius 3 is 2.06 bits per heavy atom. The van der Waals surface area contributed by atoms with E-state index in [1.54, 1.807) is 42.5 Å². The molecule has 0 atom stereocenters. The molecule has 1 aromatic heterocycles. The number of nitrogens with one attached hydrogen (secondary N) is 1. The molecule has 4 rings (SSSR count). The first-order valence-electron chi connectivity index (χ1n) is 9.26. The van der Waals surface area contributed by atoms with Crippen LogP contribution < -0.4 is 5.32 Å². The molecule has 0 fully saturated rings. The molecule has 10 heteroatoms. The topological polar surface area (TPSA) is 59.8 Å². The average molecular weight is 524 g/mol. The summed E-state index contributed by atoms with van der Waals surface area (Å²) in [6.45, 7) is 0. The Kier molecular flexibility index (Phi) is 7.28. The van der Waals surface area contributed by atoms with Crippen LogP contribution in [0.4, 0.5) is 5.69 Å². The van der Waals surface area contributed by atoms with Gasteiger partial charge in [-0.1, -0.05) is 64.2 Å². The highest BCUT2D eigenvalue weighted by atomic mass is 35.5. The number of amides is 1. The van der Waals surface area contributed by atoms with Crippen LogP contribution >= 0.6 is 58.2 Å². The van der Waals surface area contributed by atoms with Gasteiger partial charge < -0.3 is 5.32 Å². The highest BCUT2D eigenvalue weighted by Gasteiger charge is 2.18. The van der Waals surface area contributed by atoms with Crippen molar-refractivity contribution in [2.24, 2.45) is 0 Å². The van der Waals surface area contributed by atoms with Crippen molar-refractivity contribution < 1.29 is 4.79 Å². The molecule has 5 nitrogen and oxygen atoms in total. The Labute approximate surface area is 208 Å². The van der Waals surface area contributed by atoms with Gasteiger partial charge in [-0.2, -0.15) is 0 Å². The van der Waals surface area contributed by atoms with Crippen molar-refractivity contribution >= 4 is 69.8 Å². The van der Waals surface area contributed by atoms with Crippen molar-refractivity contribution in [2.45, 2.75) is 5.16 Å². The van der Waals surface area contributed by atoms with Gasteiger partial charge in [0.05, 0.1) is 21.5 Å². The number of hydrogen-bond donors (Lipinski definition) is 1. The number of thioether (sulfide) groups is 1. The van der Waals surface area contributed by atoms with Gasteiger partial charge in [-0.3, -0.25) is 9.36 Å². The summed E-state index contributed by atoms with van der Waals surface area (Å²) >= 11 is 25.6. The maximum atomic E-state index is 12.6. The zero-order valence-corrected chi connectivity index (χ0v) is 20.1. The first-order chi connectivity index (χ1) is 15.4. The molecule has 0 aliphatic rings. The molecule has 0 aliphatic heterocycles. The molecule has 0 saturated heterocycles. The Morgan fingerprint density at radius 2 is 1.44 bits per heavy atom. The maximum absolute atomic E-state index is 12.6. The van der Waals surface area contributed by atoms with E-state index in [1.807, 2.05) is 28.8 Å². The minimum Gasteiger partial charge on any atom is -0.323 e. The molecule has 0 unspecified atom stereocenters. The van der Waals surface area contributed by atoms with E-state index in [0.717, 1.165) is 11.3 Å². The number of halogens is 4. The molecule has 162 valence electrons. The summed E-state index contributed by atoms with van der Waals surface area (Å²) in [7, 11) is 0. The van der Waals surface area contributed by atoms with E-state index in [9.17, 15) is 4.79 Å². The van der Waals surface area contributed by atoms with Gasteiger partial charge >= 0.3 is 0 Å². The Bertz CT molecular complexity index is 1240. The van der Waals surface area contributed by atoms with E-state index in [2.05, 4.69) is 15.5 Å². The van der Waals surface area contributed by atoms with Gasteiger partial charge in [0.1, 0.15) is 0 Å². The minimum atomic E-state index is -0.274. The number of anilines is 1. The molecule has 1 N–H and O–H groups in total. The van der Waals surface area contributed by atoms with E-state index in [4.69, 9.17) is 46.4 Å². The summed E-state index contributed by atoms with van der Waals surface area (Å²) in [4.78, 5) is 12.6. The molecule has 1 amide bonds. The first-order valence-corrected chi connectivity index (χ1v) is 11.8. The number of carbonyl (C=O) groups is 1. The fourth-order valence-electron chi connectivity index (χ4n) is 2.90. The molecule has 0 spiro atoms. The van der Waals surface area contributed by atoms with Gasteiger partial charge in [0.15, 0.2) is 11.0 Å². The van der Waals surface area contributed by atoms with Crippen LogP contribution in [0.1, 0.15) is 0 Å². The van der Waals surface area contributed by atoms with E-state index >= 15 is 0 Å². The largest absolute Gasteiger partial charge is 0.323 e. The standard InChI is InChI=1S/C22H14Cl4N4OS/c23-14-6-4-13(5-7-14)21-28-29-22(30(21)16-10-8-15(24)9-11-16)32-12-19(31)27-20-17(25)2-1-3-18(20)26/h1-11H,12H2,(H,27,31). The summed E-state index contributed by atoms with van der Waals surface area (Å²) in [6, 6.07) is 19.6. The maximum Gasteiger partial charge on any atom is 0.234 e. The summed E-state index contributed by atoms with van der Waals surface area (Å²) in [6.07, 6.45) is 0. The van der Waals surface area contributed by atoms with Crippen molar-refractivity contribution in [1.82, 2.24) is 14.8 Å². The third kappa shape index (κ3) is 5.22. The second-order valence-corrected chi connectivity index (χ2v) is 9.19. The predicted molar refractivity (Wildman–Crippen MR) is 133 cm³/mol. The molecule has 0 saturated carbocycles. The third-order valence-electron chi connectivity index (χ3n) is 4.38. The lowest BCUT2D eigenvalue weighted by Gasteiger charge is -2.11. The number of aromatic nitrogens is 3. The summed E-state index contributed by atoms with van der Waals surface area (Å²) in [5.41, 5.74) is 2.01. The van der Waals surface area contributed by atoms with Crippen LogP contribution in [0.3, 0.4) is 0 Å². The van der Waals surface area contributed by atoms with Crippen molar-refractivity contribution in [1.29, 1.82) is 0 Å². The van der Waals surface area contributed by atoms with Crippen LogP contribution in [0, 0.1) is 0 Å². The van der Waals surface area contributed by atoms with Gasteiger partial charge in [-0.25, -0.2) is 0 Å². The van der Waals surface area contributed by atoms with E-state index in [-0.39, 0.29) is 11.7 Å². The van der Waals surface area contributed by atoms with Gasteiger partial charge in [0, 0.05) is 21.3 Å². The predicted octanol–water partition coefficient (Wildman–Crippen LogP) is 7.28. The molecule has 3 aromatic carbocycles. The second-order valence-electron chi connectivity index (χ2n) is 6.56. The monoisotopic (exact) mass is 522 g/mol. The molecule has 0 aliphatic carbocycles. The Balaban J connectivity index is 1.61. The molecule has 0 radical (unpaired) electrons. The molecule has 1 heterocycles. The van der Waals surface area contributed by atoms with E-state index in [0.29, 0.717) is 36.8 Å². The number of carbonyl (C=O) groups excluding carboxylic acids is 1. The highest BCUT2D eigenvalue weighted by Crippen LogP contribution is 2.32. The van der Waals surface area contributed by atoms with Crippen molar-refractivity contribution in [3.8, 4) is 17.1 Å². The first kappa shape index (κ1) is 23.0. The van der Waals surface area contributed by atoms with Crippen LogP contribution in [0.2, 0.25) is 20.1 Å². The quantitative estimate of drug-likeness (QED) is 0.270. The highest BCUT2D eigenvalue weighted by molar-refractivity contribution is 7.99. The van der Waals surface area contributed by atoms with Crippen LogP contribution in [-0.4, -0.2) is 26.4 Å². The SMILES string of the molecule is O=C(CSc1nnc(-c2ccc(Cl)cc2)n1-c1ccc(Cl)cc1)Nc1c(Cl)cccc1Cl. The Hall–Kier alpha value is -2.22.